The van der Waals surface area contributed by atoms with Gasteiger partial charge in [0.05, 0.1) is 0 Å². The lowest BCUT2D eigenvalue weighted by Gasteiger charge is -2.35. The molecule has 0 N–H and O–H groups in total. The van der Waals surface area contributed by atoms with E-state index in [1.165, 1.54) is 33.2 Å². The van der Waals surface area contributed by atoms with Gasteiger partial charge in [0.1, 0.15) is 0 Å². The van der Waals surface area contributed by atoms with Gasteiger partial charge >= 0.3 is 0 Å². The molecule has 0 aromatic heterocycles. The van der Waals surface area contributed by atoms with Crippen molar-refractivity contribution in [3.63, 3.8) is 0 Å². The zero-order valence-corrected chi connectivity index (χ0v) is 15.7. The number of nitrogens with zero attached hydrogens (tertiary/aromatic N) is 3. The Balaban J connectivity index is 1.67. The fourth-order valence-electron chi connectivity index (χ4n) is 3.03. The molecule has 6 nitrogen and oxygen atoms in total. The van der Waals surface area contributed by atoms with Gasteiger partial charge < -0.3 is 4.90 Å². The number of amides is 1. The quantitative estimate of drug-likeness (QED) is 0.806. The fraction of sp³-hybridized carbons (Fsp3) is 0.562. The molecule has 0 unspecified atom stereocenters. The Kier molecular flexibility index (Phi) is 5.19. The summed E-state index contributed by atoms with van der Waals surface area (Å²) < 4.78 is 26.9. The van der Waals surface area contributed by atoms with Gasteiger partial charge in [-0.3, -0.25) is 4.79 Å². The smallest absolute Gasteiger partial charge is 0.281 e. The van der Waals surface area contributed by atoms with E-state index in [1.54, 1.807) is 4.90 Å². The lowest BCUT2D eigenvalue weighted by molar-refractivity contribution is 0.0695. The molecule has 1 fully saturated rings. The van der Waals surface area contributed by atoms with Crippen molar-refractivity contribution in [3.8, 4) is 0 Å². The minimum Gasteiger partial charge on any atom is -0.336 e. The fourth-order valence-corrected chi connectivity index (χ4v) is 5.13. The van der Waals surface area contributed by atoms with Crippen LogP contribution in [0.15, 0.2) is 23.1 Å². The van der Waals surface area contributed by atoms with E-state index in [4.69, 9.17) is 0 Å². The molecule has 24 heavy (non-hydrogen) atoms. The van der Waals surface area contributed by atoms with Crippen LogP contribution in [0, 0.1) is 0 Å². The third kappa shape index (κ3) is 3.46. The molecule has 0 spiro atoms. The van der Waals surface area contributed by atoms with Crippen molar-refractivity contribution in [2.24, 2.45) is 0 Å². The van der Waals surface area contributed by atoms with Crippen LogP contribution in [0.5, 0.6) is 0 Å². The van der Waals surface area contributed by atoms with Crippen molar-refractivity contribution in [3.05, 3.63) is 29.3 Å². The van der Waals surface area contributed by atoms with Gasteiger partial charge in [0.25, 0.3) is 16.1 Å². The van der Waals surface area contributed by atoms with Gasteiger partial charge in [-0.25, -0.2) is 0 Å². The standard InChI is InChI=1S/C16H23N3O3S2/c1-17(2)24(21,22)19-9-7-18(8-10-19)16(20)14-5-6-15-13(12-14)4-3-11-23-15/h5-6,12H,3-4,7-11H2,1-2H3. The summed E-state index contributed by atoms with van der Waals surface area (Å²) in [4.78, 5) is 15.7. The van der Waals surface area contributed by atoms with Crippen LogP contribution in [0.2, 0.25) is 0 Å². The maximum absolute atomic E-state index is 12.7. The number of rotatable bonds is 3. The summed E-state index contributed by atoms with van der Waals surface area (Å²) in [7, 11) is -0.348. The van der Waals surface area contributed by atoms with E-state index in [9.17, 15) is 13.2 Å². The van der Waals surface area contributed by atoms with Gasteiger partial charge in [0.2, 0.25) is 0 Å². The molecule has 8 heteroatoms. The second kappa shape index (κ2) is 7.03. The van der Waals surface area contributed by atoms with E-state index >= 15 is 0 Å². The van der Waals surface area contributed by atoms with Gasteiger partial charge in [-0.05, 0) is 42.4 Å². The van der Waals surface area contributed by atoms with E-state index in [2.05, 4.69) is 0 Å². The SMILES string of the molecule is CN(C)S(=O)(=O)N1CCN(C(=O)c2ccc3c(c2)CCCS3)CC1. The number of piperazine rings is 1. The molecular weight excluding hydrogens is 346 g/mol. The maximum Gasteiger partial charge on any atom is 0.281 e. The van der Waals surface area contributed by atoms with Crippen molar-refractivity contribution >= 4 is 27.9 Å². The highest BCUT2D eigenvalue weighted by atomic mass is 32.2. The van der Waals surface area contributed by atoms with Crippen LogP contribution in [0.1, 0.15) is 22.3 Å². The van der Waals surface area contributed by atoms with Crippen LogP contribution in [0.25, 0.3) is 0 Å². The lowest BCUT2D eigenvalue weighted by Crippen LogP contribution is -2.53. The number of hydrogen-bond donors (Lipinski definition) is 0. The highest BCUT2D eigenvalue weighted by molar-refractivity contribution is 7.99. The Morgan fingerprint density at radius 2 is 1.88 bits per heavy atom. The van der Waals surface area contributed by atoms with Crippen molar-refractivity contribution in [2.75, 3.05) is 46.0 Å². The van der Waals surface area contributed by atoms with Crippen LogP contribution >= 0.6 is 11.8 Å². The summed E-state index contributed by atoms with van der Waals surface area (Å²) >= 11 is 1.85. The summed E-state index contributed by atoms with van der Waals surface area (Å²) in [6.45, 7) is 1.54. The Labute approximate surface area is 148 Å². The molecule has 1 aromatic rings. The van der Waals surface area contributed by atoms with Gasteiger partial charge in [-0.1, -0.05) is 0 Å². The number of fused-ring (bicyclic) bond motifs is 1. The molecule has 0 aliphatic carbocycles. The average Bonchev–Trinajstić information content (AvgIpc) is 2.60. The number of aryl methyl sites for hydroxylation is 1. The largest absolute Gasteiger partial charge is 0.336 e. The Morgan fingerprint density at radius 3 is 2.54 bits per heavy atom. The minimum atomic E-state index is -3.40. The normalized spacial score (nSPS) is 19.4. The molecule has 132 valence electrons. The zero-order chi connectivity index (χ0) is 17.3. The first-order valence-corrected chi connectivity index (χ1v) is 10.5. The van der Waals surface area contributed by atoms with Crippen molar-refractivity contribution in [2.45, 2.75) is 17.7 Å². The molecule has 1 aromatic carbocycles. The van der Waals surface area contributed by atoms with Crippen molar-refractivity contribution in [1.29, 1.82) is 0 Å². The van der Waals surface area contributed by atoms with E-state index in [0.29, 0.717) is 31.7 Å². The molecule has 1 amide bonds. The van der Waals surface area contributed by atoms with Gasteiger partial charge in [0, 0.05) is 50.7 Å². The van der Waals surface area contributed by atoms with Gasteiger partial charge in [-0.2, -0.15) is 17.0 Å². The van der Waals surface area contributed by atoms with Crippen LogP contribution in [-0.2, 0) is 16.6 Å². The summed E-state index contributed by atoms with van der Waals surface area (Å²) in [5.74, 6) is 1.14. The van der Waals surface area contributed by atoms with Crippen LogP contribution in [0.3, 0.4) is 0 Å². The van der Waals surface area contributed by atoms with Crippen molar-refractivity contribution < 1.29 is 13.2 Å². The van der Waals surface area contributed by atoms with Crippen LogP contribution in [-0.4, -0.2) is 73.9 Å². The summed E-state index contributed by atoms with van der Waals surface area (Å²) in [5, 5.41) is 0. The van der Waals surface area contributed by atoms with Gasteiger partial charge in [-0.15, -0.1) is 11.8 Å². The topological polar surface area (TPSA) is 60.9 Å². The van der Waals surface area contributed by atoms with Gasteiger partial charge in [0.15, 0.2) is 0 Å². The monoisotopic (exact) mass is 369 g/mol. The molecule has 2 aliphatic rings. The molecule has 1 saturated heterocycles. The number of thioether (sulfide) groups is 1. The minimum absolute atomic E-state index is 0.00438. The molecule has 2 aliphatic heterocycles. The second-order valence-electron chi connectivity index (χ2n) is 6.26. The molecule has 3 rings (SSSR count). The summed E-state index contributed by atoms with van der Waals surface area (Å²) in [6, 6.07) is 5.94. The zero-order valence-electron chi connectivity index (χ0n) is 14.1. The first kappa shape index (κ1) is 17.7. The predicted molar refractivity (Wildman–Crippen MR) is 95.6 cm³/mol. The maximum atomic E-state index is 12.7. The third-order valence-corrected chi connectivity index (χ3v) is 7.61. The van der Waals surface area contributed by atoms with E-state index in [0.717, 1.165) is 18.6 Å². The van der Waals surface area contributed by atoms with Crippen LogP contribution in [0.4, 0.5) is 0 Å². The number of carbonyl (C=O) groups is 1. The molecule has 0 bridgehead atoms. The van der Waals surface area contributed by atoms with E-state index < -0.39 is 10.2 Å². The Bertz CT molecular complexity index is 726. The van der Waals surface area contributed by atoms with E-state index in [-0.39, 0.29) is 5.91 Å². The number of carbonyl (C=O) groups excluding carboxylic acids is 1. The van der Waals surface area contributed by atoms with Crippen molar-refractivity contribution in [1.82, 2.24) is 13.5 Å². The lowest BCUT2D eigenvalue weighted by atomic mass is 10.1. The van der Waals surface area contributed by atoms with Crippen LogP contribution < -0.4 is 0 Å². The number of benzene rings is 1. The first-order valence-electron chi connectivity index (χ1n) is 8.12. The molecular formula is C16H23N3O3S2. The highest BCUT2D eigenvalue weighted by Crippen LogP contribution is 2.30. The summed E-state index contributed by atoms with van der Waals surface area (Å²) in [5.41, 5.74) is 1.96. The predicted octanol–water partition coefficient (Wildman–Crippen LogP) is 1.29. The second-order valence-corrected chi connectivity index (χ2v) is 9.54. The first-order chi connectivity index (χ1) is 11.4. The van der Waals surface area contributed by atoms with E-state index in [1.807, 2.05) is 30.0 Å². The molecule has 2 heterocycles. The molecule has 0 saturated carbocycles. The average molecular weight is 370 g/mol. The molecule has 0 radical (unpaired) electrons. The summed E-state index contributed by atoms with van der Waals surface area (Å²) in [6.07, 6.45) is 2.18. The third-order valence-electron chi connectivity index (χ3n) is 4.47. The molecule has 0 atom stereocenters. The Hall–Kier alpha value is -1.09. The highest BCUT2D eigenvalue weighted by Gasteiger charge is 2.30. The Morgan fingerprint density at radius 1 is 1.17 bits per heavy atom. The number of hydrogen-bond acceptors (Lipinski definition) is 4.